The number of carbonyl (C=O) groups is 2. The van der Waals surface area contributed by atoms with Crippen LogP contribution >= 0.6 is 0 Å². The second-order valence-electron chi connectivity index (χ2n) is 6.75. The minimum atomic E-state index is -0.435. The first-order valence-electron chi connectivity index (χ1n) is 9.81. The number of methoxy groups -OCH3 is 2. The van der Waals surface area contributed by atoms with Gasteiger partial charge in [-0.15, -0.1) is 0 Å². The number of carbonyl (C=O) groups excluding carboxylic acids is 2. The van der Waals surface area contributed by atoms with E-state index < -0.39 is 5.97 Å². The van der Waals surface area contributed by atoms with Crippen molar-refractivity contribution in [2.75, 3.05) is 14.2 Å². The molecule has 0 heterocycles. The van der Waals surface area contributed by atoms with Crippen molar-refractivity contribution in [1.82, 2.24) is 0 Å². The van der Waals surface area contributed by atoms with Crippen molar-refractivity contribution in [3.63, 3.8) is 0 Å². The Morgan fingerprint density at radius 3 is 2.16 bits per heavy atom. The van der Waals surface area contributed by atoms with Crippen LogP contribution in [0.4, 0.5) is 0 Å². The van der Waals surface area contributed by atoms with Crippen LogP contribution < -0.4 is 14.2 Å². The molecule has 3 rings (SSSR count). The highest BCUT2D eigenvalue weighted by molar-refractivity contribution is 5.89. The zero-order valence-electron chi connectivity index (χ0n) is 17.5. The third-order valence-corrected chi connectivity index (χ3v) is 4.60. The lowest BCUT2D eigenvalue weighted by molar-refractivity contribution is -0.134. The van der Waals surface area contributed by atoms with Crippen LogP contribution in [0, 0.1) is 0 Å². The Kier molecular flexibility index (Phi) is 7.65. The van der Waals surface area contributed by atoms with Gasteiger partial charge in [0, 0.05) is 6.42 Å². The first-order valence-corrected chi connectivity index (χ1v) is 9.81. The molecule has 0 fully saturated rings. The maximum atomic E-state index is 12.2. The highest BCUT2D eigenvalue weighted by Gasteiger charge is 2.11. The van der Waals surface area contributed by atoms with Gasteiger partial charge in [-0.3, -0.25) is 4.79 Å². The summed E-state index contributed by atoms with van der Waals surface area (Å²) in [5.74, 6) is 0.820. The van der Waals surface area contributed by atoms with E-state index in [1.807, 2.05) is 42.5 Å². The molecule has 31 heavy (non-hydrogen) atoms. The molecule has 0 radical (unpaired) electrons. The number of aryl methyl sites for hydroxylation is 1. The number of ether oxygens (including phenoxy) is 4. The second kappa shape index (κ2) is 10.8. The van der Waals surface area contributed by atoms with Gasteiger partial charge in [0.1, 0.15) is 12.4 Å². The fourth-order valence-electron chi connectivity index (χ4n) is 2.93. The van der Waals surface area contributed by atoms with Gasteiger partial charge in [0.25, 0.3) is 0 Å². The third kappa shape index (κ3) is 6.34. The van der Waals surface area contributed by atoms with Crippen LogP contribution in [0.2, 0.25) is 0 Å². The van der Waals surface area contributed by atoms with Gasteiger partial charge in [0.15, 0.2) is 11.5 Å². The van der Waals surface area contributed by atoms with Gasteiger partial charge in [0.05, 0.1) is 19.8 Å². The molecule has 0 aliphatic carbocycles. The Morgan fingerprint density at radius 2 is 1.48 bits per heavy atom. The first kappa shape index (κ1) is 21.9. The quantitative estimate of drug-likeness (QED) is 0.372. The third-order valence-electron chi connectivity index (χ3n) is 4.60. The number of benzene rings is 3. The van der Waals surface area contributed by atoms with E-state index in [-0.39, 0.29) is 19.0 Å². The molecule has 0 bridgehead atoms. The summed E-state index contributed by atoms with van der Waals surface area (Å²) < 4.78 is 21.1. The van der Waals surface area contributed by atoms with Crippen LogP contribution in [-0.4, -0.2) is 26.2 Å². The largest absolute Gasteiger partial charge is 0.493 e. The maximum absolute atomic E-state index is 12.2. The fourth-order valence-corrected chi connectivity index (χ4v) is 2.93. The number of hydrogen-bond donors (Lipinski definition) is 0. The molecule has 0 saturated heterocycles. The average molecular weight is 420 g/mol. The van der Waals surface area contributed by atoms with E-state index in [1.165, 1.54) is 0 Å². The Morgan fingerprint density at radius 1 is 0.774 bits per heavy atom. The van der Waals surface area contributed by atoms with E-state index in [0.717, 1.165) is 11.1 Å². The average Bonchev–Trinajstić information content (AvgIpc) is 2.82. The second-order valence-corrected chi connectivity index (χ2v) is 6.75. The van der Waals surface area contributed by atoms with E-state index >= 15 is 0 Å². The van der Waals surface area contributed by atoms with Gasteiger partial charge in [-0.25, -0.2) is 4.79 Å². The normalized spacial score (nSPS) is 10.3. The number of esters is 2. The summed E-state index contributed by atoms with van der Waals surface area (Å²) in [6.45, 7) is 0.201. The number of hydrogen-bond acceptors (Lipinski definition) is 6. The predicted molar refractivity (Wildman–Crippen MR) is 116 cm³/mol. The van der Waals surface area contributed by atoms with Crippen LogP contribution in [0.25, 0.3) is 0 Å². The van der Waals surface area contributed by atoms with E-state index in [9.17, 15) is 9.59 Å². The van der Waals surface area contributed by atoms with Gasteiger partial charge in [0.2, 0.25) is 0 Å². The van der Waals surface area contributed by atoms with Crippen LogP contribution in [0.1, 0.15) is 27.9 Å². The molecule has 6 heteroatoms. The standard InChI is InChI=1S/C25H24O6/c1-28-22-14-8-18(16-23(22)29-2)9-15-24(26)31-21-12-10-20(11-13-21)25(27)30-17-19-6-4-3-5-7-19/h3-8,10-14,16H,9,15,17H2,1-2H3. The Labute approximate surface area is 181 Å². The summed E-state index contributed by atoms with van der Waals surface area (Å²) >= 11 is 0. The topological polar surface area (TPSA) is 71.1 Å². The SMILES string of the molecule is COc1ccc(CCC(=O)Oc2ccc(C(=O)OCc3ccccc3)cc2)cc1OC. The van der Waals surface area contributed by atoms with E-state index in [4.69, 9.17) is 18.9 Å². The molecule has 160 valence electrons. The lowest BCUT2D eigenvalue weighted by atomic mass is 10.1. The first-order chi connectivity index (χ1) is 15.1. The zero-order chi connectivity index (χ0) is 22.1. The molecule has 0 saturated carbocycles. The molecule has 0 aromatic heterocycles. The van der Waals surface area contributed by atoms with Gasteiger partial charge in [-0.2, -0.15) is 0 Å². The lowest BCUT2D eigenvalue weighted by Gasteiger charge is -2.10. The lowest BCUT2D eigenvalue weighted by Crippen LogP contribution is -2.10. The van der Waals surface area contributed by atoms with Gasteiger partial charge in [-0.1, -0.05) is 36.4 Å². The summed E-state index contributed by atoms with van der Waals surface area (Å²) in [5.41, 5.74) is 2.24. The molecule has 3 aromatic carbocycles. The van der Waals surface area contributed by atoms with E-state index in [2.05, 4.69) is 0 Å². The summed E-state index contributed by atoms with van der Waals surface area (Å²) in [6.07, 6.45) is 0.708. The van der Waals surface area contributed by atoms with Crippen molar-refractivity contribution in [2.24, 2.45) is 0 Å². The van der Waals surface area contributed by atoms with Crippen molar-refractivity contribution in [3.05, 3.63) is 89.5 Å². The highest BCUT2D eigenvalue weighted by atomic mass is 16.5. The van der Waals surface area contributed by atoms with E-state index in [0.29, 0.717) is 29.2 Å². The molecule has 0 spiro atoms. The Bertz CT molecular complexity index is 1010. The van der Waals surface area contributed by atoms with Crippen LogP contribution in [0.5, 0.6) is 17.2 Å². The summed E-state index contributed by atoms with van der Waals surface area (Å²) in [6, 6.07) is 21.3. The van der Waals surface area contributed by atoms with Crippen molar-refractivity contribution in [1.29, 1.82) is 0 Å². The molecule has 0 atom stereocenters. The monoisotopic (exact) mass is 420 g/mol. The number of rotatable bonds is 9. The predicted octanol–water partition coefficient (Wildman–Crippen LogP) is 4.60. The van der Waals surface area contributed by atoms with Crippen molar-refractivity contribution in [3.8, 4) is 17.2 Å². The summed E-state index contributed by atoms with van der Waals surface area (Å²) in [4.78, 5) is 24.3. The van der Waals surface area contributed by atoms with Crippen molar-refractivity contribution < 1.29 is 28.5 Å². The molecule has 0 aliphatic rings. The van der Waals surface area contributed by atoms with E-state index in [1.54, 1.807) is 44.6 Å². The minimum absolute atomic E-state index is 0.201. The van der Waals surface area contributed by atoms with Gasteiger partial charge >= 0.3 is 11.9 Å². The summed E-state index contributed by atoms with van der Waals surface area (Å²) in [5, 5.41) is 0. The van der Waals surface area contributed by atoms with Gasteiger partial charge in [-0.05, 0) is 53.9 Å². The van der Waals surface area contributed by atoms with Crippen LogP contribution in [-0.2, 0) is 22.6 Å². The maximum Gasteiger partial charge on any atom is 0.338 e. The molecule has 0 unspecified atom stereocenters. The molecular formula is C25H24O6. The van der Waals surface area contributed by atoms with Crippen LogP contribution in [0.3, 0.4) is 0 Å². The van der Waals surface area contributed by atoms with Crippen molar-refractivity contribution >= 4 is 11.9 Å². The minimum Gasteiger partial charge on any atom is -0.493 e. The smallest absolute Gasteiger partial charge is 0.338 e. The molecule has 6 nitrogen and oxygen atoms in total. The highest BCUT2D eigenvalue weighted by Crippen LogP contribution is 2.28. The van der Waals surface area contributed by atoms with Crippen LogP contribution in [0.15, 0.2) is 72.8 Å². The Balaban J connectivity index is 1.49. The molecule has 0 amide bonds. The molecule has 0 aliphatic heterocycles. The van der Waals surface area contributed by atoms with Crippen molar-refractivity contribution in [2.45, 2.75) is 19.4 Å². The zero-order valence-corrected chi connectivity index (χ0v) is 17.5. The molecule has 0 N–H and O–H groups in total. The summed E-state index contributed by atoms with van der Waals surface area (Å²) in [7, 11) is 3.14. The van der Waals surface area contributed by atoms with Gasteiger partial charge < -0.3 is 18.9 Å². The Hall–Kier alpha value is -3.80. The fraction of sp³-hybridized carbons (Fsp3) is 0.200. The molecular weight excluding hydrogens is 396 g/mol. The molecule has 3 aromatic rings.